The van der Waals surface area contributed by atoms with Crippen molar-refractivity contribution in [3.05, 3.63) is 29.6 Å². The molecule has 3 nitrogen and oxygen atoms in total. The molecule has 1 atom stereocenters. The van der Waals surface area contributed by atoms with Gasteiger partial charge >= 0.3 is 0 Å². The lowest BCUT2D eigenvalue weighted by atomic mass is 9.89. The SMILES string of the molecule is COc1cc([C@H](C2CCCC2)N2CCNCC2)ccc1F.Cl. The highest BCUT2D eigenvalue weighted by molar-refractivity contribution is 5.85. The molecule has 1 N–H and O–H groups in total. The van der Waals surface area contributed by atoms with Crippen molar-refractivity contribution >= 4 is 12.4 Å². The third kappa shape index (κ3) is 3.73. The first-order valence-electron chi connectivity index (χ1n) is 8.08. The molecule has 3 rings (SSSR count). The van der Waals surface area contributed by atoms with Crippen LogP contribution in [0.2, 0.25) is 0 Å². The van der Waals surface area contributed by atoms with Crippen LogP contribution in [0.25, 0.3) is 0 Å². The summed E-state index contributed by atoms with van der Waals surface area (Å²) in [4.78, 5) is 2.57. The number of benzene rings is 1. The van der Waals surface area contributed by atoms with Gasteiger partial charge in [0.15, 0.2) is 11.6 Å². The third-order valence-corrected chi connectivity index (χ3v) is 4.91. The van der Waals surface area contributed by atoms with Crippen LogP contribution >= 0.6 is 12.4 Å². The first-order chi connectivity index (χ1) is 10.3. The Labute approximate surface area is 138 Å². The molecule has 5 heteroatoms. The topological polar surface area (TPSA) is 24.5 Å². The molecule has 1 aliphatic carbocycles. The molecule has 2 aliphatic rings. The largest absolute Gasteiger partial charge is 0.494 e. The van der Waals surface area contributed by atoms with Gasteiger partial charge in [-0.05, 0) is 36.5 Å². The highest BCUT2D eigenvalue weighted by atomic mass is 35.5. The van der Waals surface area contributed by atoms with E-state index in [0.717, 1.165) is 26.2 Å². The lowest BCUT2D eigenvalue weighted by molar-refractivity contribution is 0.125. The molecule has 0 radical (unpaired) electrons. The number of rotatable bonds is 4. The lowest BCUT2D eigenvalue weighted by Crippen LogP contribution is -2.46. The van der Waals surface area contributed by atoms with E-state index >= 15 is 0 Å². The van der Waals surface area contributed by atoms with Crippen LogP contribution < -0.4 is 10.1 Å². The first-order valence-corrected chi connectivity index (χ1v) is 8.08. The molecule has 22 heavy (non-hydrogen) atoms. The van der Waals surface area contributed by atoms with E-state index in [4.69, 9.17) is 4.74 Å². The number of nitrogens with zero attached hydrogens (tertiary/aromatic N) is 1. The van der Waals surface area contributed by atoms with Crippen LogP contribution in [0.15, 0.2) is 18.2 Å². The minimum absolute atomic E-state index is 0. The standard InChI is InChI=1S/C17H25FN2O.ClH/c1-21-16-12-14(6-7-15(16)18)17(13-4-2-3-5-13)20-10-8-19-9-11-20;/h6-7,12-13,17,19H,2-5,8-11H2,1H3;1H/t17-;/m0./s1. The maximum absolute atomic E-state index is 13.7. The molecule has 1 aromatic carbocycles. The Balaban J connectivity index is 0.00000176. The van der Waals surface area contributed by atoms with Gasteiger partial charge in [0.1, 0.15) is 0 Å². The summed E-state index contributed by atoms with van der Waals surface area (Å²) in [5.41, 5.74) is 1.21. The van der Waals surface area contributed by atoms with E-state index in [-0.39, 0.29) is 18.2 Å². The summed E-state index contributed by atoms with van der Waals surface area (Å²) in [7, 11) is 1.54. The number of methoxy groups -OCH3 is 1. The van der Waals surface area contributed by atoms with Gasteiger partial charge in [0.2, 0.25) is 0 Å². The molecule has 1 aliphatic heterocycles. The highest BCUT2D eigenvalue weighted by Crippen LogP contribution is 2.40. The van der Waals surface area contributed by atoms with Crippen LogP contribution in [0, 0.1) is 11.7 Å². The first kappa shape index (κ1) is 17.5. The van der Waals surface area contributed by atoms with Gasteiger partial charge in [-0.25, -0.2) is 4.39 Å². The van der Waals surface area contributed by atoms with E-state index in [1.54, 1.807) is 6.07 Å². The van der Waals surface area contributed by atoms with Crippen molar-refractivity contribution < 1.29 is 9.13 Å². The molecule has 0 bridgehead atoms. The van der Waals surface area contributed by atoms with Crippen LogP contribution in [-0.4, -0.2) is 38.2 Å². The normalized spacial score (nSPS) is 21.4. The Bertz CT molecular complexity index is 474. The molecule has 124 valence electrons. The second-order valence-electron chi connectivity index (χ2n) is 6.17. The molecule has 1 aromatic rings. The quantitative estimate of drug-likeness (QED) is 0.917. The third-order valence-electron chi connectivity index (χ3n) is 4.91. The number of ether oxygens (including phenoxy) is 1. The molecular formula is C17H26ClFN2O. The monoisotopic (exact) mass is 328 g/mol. The molecule has 0 spiro atoms. The maximum atomic E-state index is 13.7. The molecule has 0 amide bonds. The average molecular weight is 329 g/mol. The van der Waals surface area contributed by atoms with Gasteiger partial charge in [-0.1, -0.05) is 18.9 Å². The van der Waals surface area contributed by atoms with Crippen LogP contribution in [0.4, 0.5) is 4.39 Å². The van der Waals surface area contributed by atoms with Crippen molar-refractivity contribution in [3.63, 3.8) is 0 Å². The molecular weight excluding hydrogens is 303 g/mol. The van der Waals surface area contributed by atoms with Crippen molar-refractivity contribution in [2.24, 2.45) is 5.92 Å². The summed E-state index contributed by atoms with van der Waals surface area (Å²) in [5.74, 6) is 0.788. The minimum atomic E-state index is -0.272. The molecule has 1 heterocycles. The van der Waals surface area contributed by atoms with Crippen LogP contribution in [0.5, 0.6) is 5.75 Å². The summed E-state index contributed by atoms with van der Waals surface area (Å²) >= 11 is 0. The van der Waals surface area contributed by atoms with Gasteiger partial charge < -0.3 is 10.1 Å². The fourth-order valence-electron chi connectivity index (χ4n) is 3.87. The van der Waals surface area contributed by atoms with Gasteiger partial charge in [0, 0.05) is 32.2 Å². The zero-order chi connectivity index (χ0) is 14.7. The number of halogens is 2. The summed E-state index contributed by atoms with van der Waals surface area (Å²) in [6, 6.07) is 5.81. The zero-order valence-electron chi connectivity index (χ0n) is 13.2. The van der Waals surface area contributed by atoms with Gasteiger partial charge in [0.05, 0.1) is 7.11 Å². The van der Waals surface area contributed by atoms with Crippen molar-refractivity contribution in [2.45, 2.75) is 31.7 Å². The van der Waals surface area contributed by atoms with Crippen molar-refractivity contribution in [1.29, 1.82) is 0 Å². The second-order valence-corrected chi connectivity index (χ2v) is 6.17. The van der Waals surface area contributed by atoms with E-state index < -0.39 is 0 Å². The molecule has 0 aromatic heterocycles. The number of hydrogen-bond acceptors (Lipinski definition) is 3. The van der Waals surface area contributed by atoms with E-state index in [0.29, 0.717) is 17.7 Å². The second kappa shape index (κ2) is 8.14. The van der Waals surface area contributed by atoms with Crippen LogP contribution in [0.3, 0.4) is 0 Å². The summed E-state index contributed by atoms with van der Waals surface area (Å²) in [5, 5.41) is 3.42. The van der Waals surface area contributed by atoms with E-state index in [1.165, 1.54) is 38.4 Å². The predicted molar refractivity (Wildman–Crippen MR) is 89.3 cm³/mol. The van der Waals surface area contributed by atoms with Gasteiger partial charge in [0.25, 0.3) is 0 Å². The number of nitrogens with one attached hydrogen (secondary N) is 1. The predicted octanol–water partition coefficient (Wildman–Crippen LogP) is 3.39. The maximum Gasteiger partial charge on any atom is 0.165 e. The highest BCUT2D eigenvalue weighted by Gasteiger charge is 2.32. The smallest absolute Gasteiger partial charge is 0.165 e. The lowest BCUT2D eigenvalue weighted by Gasteiger charge is -2.38. The fourth-order valence-corrected chi connectivity index (χ4v) is 3.87. The van der Waals surface area contributed by atoms with E-state index in [9.17, 15) is 4.39 Å². The summed E-state index contributed by atoms with van der Waals surface area (Å²) < 4.78 is 18.9. The Morgan fingerprint density at radius 2 is 1.91 bits per heavy atom. The molecule has 2 fully saturated rings. The van der Waals surface area contributed by atoms with Crippen molar-refractivity contribution in [2.75, 3.05) is 33.3 Å². The number of piperazine rings is 1. The van der Waals surface area contributed by atoms with Crippen molar-refractivity contribution in [3.8, 4) is 5.75 Å². The molecule has 0 unspecified atom stereocenters. The van der Waals surface area contributed by atoms with Crippen LogP contribution in [0.1, 0.15) is 37.3 Å². The minimum Gasteiger partial charge on any atom is -0.494 e. The molecule has 1 saturated heterocycles. The van der Waals surface area contributed by atoms with E-state index in [1.807, 2.05) is 12.1 Å². The summed E-state index contributed by atoms with van der Waals surface area (Å²) in [6.07, 6.45) is 5.22. The molecule has 1 saturated carbocycles. The Morgan fingerprint density at radius 1 is 1.23 bits per heavy atom. The zero-order valence-corrected chi connectivity index (χ0v) is 14.0. The Hall–Kier alpha value is -0.840. The Morgan fingerprint density at radius 3 is 2.55 bits per heavy atom. The van der Waals surface area contributed by atoms with Gasteiger partial charge in [-0.3, -0.25) is 4.90 Å². The fraction of sp³-hybridized carbons (Fsp3) is 0.647. The summed E-state index contributed by atoms with van der Waals surface area (Å²) in [6.45, 7) is 4.23. The van der Waals surface area contributed by atoms with E-state index in [2.05, 4.69) is 10.2 Å². The average Bonchev–Trinajstić information content (AvgIpc) is 3.04. The number of hydrogen-bond donors (Lipinski definition) is 1. The van der Waals surface area contributed by atoms with Gasteiger partial charge in [-0.15, -0.1) is 12.4 Å². The van der Waals surface area contributed by atoms with Crippen molar-refractivity contribution in [1.82, 2.24) is 10.2 Å². The van der Waals surface area contributed by atoms with Crippen LogP contribution in [-0.2, 0) is 0 Å². The Kier molecular flexibility index (Phi) is 6.48. The van der Waals surface area contributed by atoms with Gasteiger partial charge in [-0.2, -0.15) is 0 Å².